The lowest BCUT2D eigenvalue weighted by molar-refractivity contribution is -0.125. The minimum absolute atomic E-state index is 0. The van der Waals surface area contributed by atoms with Crippen LogP contribution in [0.4, 0.5) is 0 Å². The summed E-state index contributed by atoms with van der Waals surface area (Å²) in [5.41, 5.74) is 7.57. The van der Waals surface area contributed by atoms with E-state index < -0.39 is 22.0 Å². The average molecular weight is 659 g/mol. The molecule has 0 aromatic heterocycles. The number of carbonyl (C=O) groups excluding carboxylic acids is 1. The van der Waals surface area contributed by atoms with Crippen LogP contribution in [0.5, 0.6) is 11.5 Å². The minimum Gasteiger partial charge on any atom is -0.493 e. The van der Waals surface area contributed by atoms with E-state index in [1.165, 1.54) is 0 Å². The molecule has 13 heteroatoms. The number of carbonyl (C=O) groups is 1. The topological polar surface area (TPSA) is 140 Å². The van der Waals surface area contributed by atoms with Crippen molar-refractivity contribution in [2.75, 3.05) is 65.1 Å². The highest BCUT2D eigenvalue weighted by Gasteiger charge is 2.27. The SMILES string of the molecule is COCCCOc1cc(C[C@@H](C[C@H](N)[C@@H](O)C[C@@H](C)C(=O)NCCN2CCS(=O)(=O)CC2)C(C)C)ccc1OC.Cl.Cl. The van der Waals surface area contributed by atoms with Crippen LogP contribution in [-0.4, -0.2) is 102 Å². The minimum atomic E-state index is -2.92. The predicted molar refractivity (Wildman–Crippen MR) is 172 cm³/mol. The Labute approximate surface area is 265 Å². The van der Waals surface area contributed by atoms with Gasteiger partial charge in [-0.1, -0.05) is 26.8 Å². The number of benzene rings is 1. The van der Waals surface area contributed by atoms with Crippen LogP contribution < -0.4 is 20.5 Å². The van der Waals surface area contributed by atoms with Gasteiger partial charge in [0.2, 0.25) is 5.91 Å². The van der Waals surface area contributed by atoms with Gasteiger partial charge in [0.15, 0.2) is 21.3 Å². The third-order valence-electron chi connectivity index (χ3n) is 7.70. The standard InChI is InChI=1S/C29H51N3O7S.2ClH/c1-21(2)24(18-23-7-8-27(38-5)28(19-23)39-14-6-13-37-4)20-25(30)26(33)17-22(3)29(34)31-9-10-32-11-15-40(35,36)16-12-32;;/h7-8,19,21-22,24-26,33H,6,9-18,20,30H2,1-5H3,(H,31,34);2*1H/t22-,24+,25+,26+;;/m1../s1. The highest BCUT2D eigenvalue weighted by Crippen LogP contribution is 2.31. The first kappa shape index (κ1) is 40.7. The largest absolute Gasteiger partial charge is 0.493 e. The number of nitrogens with two attached hydrogens (primary N) is 1. The highest BCUT2D eigenvalue weighted by molar-refractivity contribution is 7.91. The first-order valence-corrected chi connectivity index (χ1v) is 16.2. The molecule has 0 radical (unpaired) electrons. The Morgan fingerprint density at radius 2 is 1.74 bits per heavy atom. The van der Waals surface area contributed by atoms with E-state index in [0.29, 0.717) is 63.2 Å². The number of aliphatic hydroxyl groups excluding tert-OH is 1. The van der Waals surface area contributed by atoms with Gasteiger partial charge in [0, 0.05) is 58.3 Å². The Kier molecular flexibility index (Phi) is 19.9. The average Bonchev–Trinajstić information content (AvgIpc) is 2.91. The predicted octanol–water partition coefficient (Wildman–Crippen LogP) is 2.72. The smallest absolute Gasteiger partial charge is 0.222 e. The number of sulfone groups is 1. The Balaban J connectivity index is 0.00000840. The van der Waals surface area contributed by atoms with Crippen molar-refractivity contribution in [3.63, 3.8) is 0 Å². The summed E-state index contributed by atoms with van der Waals surface area (Å²) in [6.45, 7) is 9.32. The van der Waals surface area contributed by atoms with Gasteiger partial charge in [-0.15, -0.1) is 24.8 Å². The molecular formula is C29H53Cl2N3O7S. The maximum Gasteiger partial charge on any atom is 0.222 e. The molecule has 0 saturated carbocycles. The van der Waals surface area contributed by atoms with Gasteiger partial charge in [0.25, 0.3) is 0 Å². The Morgan fingerprint density at radius 1 is 1.07 bits per heavy atom. The lowest BCUT2D eigenvalue weighted by Crippen LogP contribution is -2.45. The van der Waals surface area contributed by atoms with Crippen molar-refractivity contribution >= 4 is 40.6 Å². The summed E-state index contributed by atoms with van der Waals surface area (Å²) < 4.78 is 39.6. The zero-order valence-corrected chi connectivity index (χ0v) is 28.2. The van der Waals surface area contributed by atoms with Crippen molar-refractivity contribution in [2.24, 2.45) is 23.5 Å². The number of amides is 1. The van der Waals surface area contributed by atoms with Gasteiger partial charge in [-0.2, -0.15) is 0 Å². The first-order chi connectivity index (χ1) is 19.0. The Morgan fingerprint density at radius 3 is 2.33 bits per heavy atom. The third-order valence-corrected chi connectivity index (χ3v) is 9.30. The van der Waals surface area contributed by atoms with Crippen LogP contribution in [0.3, 0.4) is 0 Å². The number of halogens is 2. The summed E-state index contributed by atoms with van der Waals surface area (Å²) in [5.74, 6) is 1.78. The maximum atomic E-state index is 12.6. The normalized spacial score (nSPS) is 17.7. The van der Waals surface area contributed by atoms with E-state index >= 15 is 0 Å². The molecule has 0 spiro atoms. The summed E-state index contributed by atoms with van der Waals surface area (Å²) in [6.07, 6.45) is 1.67. The van der Waals surface area contributed by atoms with Crippen molar-refractivity contribution in [1.82, 2.24) is 10.2 Å². The molecule has 1 aliphatic rings. The Hall–Kier alpha value is -1.34. The second-order valence-corrected chi connectivity index (χ2v) is 13.6. The van der Waals surface area contributed by atoms with Crippen molar-refractivity contribution in [2.45, 2.75) is 58.6 Å². The molecule has 1 aromatic carbocycles. The molecule has 4 N–H and O–H groups in total. The lowest BCUT2D eigenvalue weighted by Gasteiger charge is -2.29. The van der Waals surface area contributed by atoms with E-state index in [9.17, 15) is 18.3 Å². The molecule has 2 rings (SSSR count). The third kappa shape index (κ3) is 14.4. The van der Waals surface area contributed by atoms with E-state index in [1.54, 1.807) is 21.1 Å². The van der Waals surface area contributed by atoms with Gasteiger partial charge in [-0.05, 0) is 48.8 Å². The maximum absolute atomic E-state index is 12.6. The summed E-state index contributed by atoms with van der Waals surface area (Å²) >= 11 is 0. The number of rotatable bonds is 18. The van der Waals surface area contributed by atoms with Gasteiger partial charge in [-0.3, -0.25) is 9.69 Å². The van der Waals surface area contributed by atoms with Crippen molar-refractivity contribution in [3.8, 4) is 11.5 Å². The van der Waals surface area contributed by atoms with Crippen molar-refractivity contribution < 1.29 is 32.5 Å². The lowest BCUT2D eigenvalue weighted by atomic mass is 9.82. The number of hydrogen-bond donors (Lipinski definition) is 3. The van der Waals surface area contributed by atoms with Crippen LogP contribution in [0.2, 0.25) is 0 Å². The zero-order valence-electron chi connectivity index (χ0n) is 25.8. The number of hydrogen-bond acceptors (Lipinski definition) is 9. The molecule has 1 saturated heterocycles. The van der Waals surface area contributed by atoms with Crippen LogP contribution in [-0.2, 0) is 25.8 Å². The molecule has 4 atom stereocenters. The number of aliphatic hydroxyl groups is 1. The van der Waals surface area contributed by atoms with Crippen LogP contribution in [0, 0.1) is 17.8 Å². The fourth-order valence-corrected chi connectivity index (χ4v) is 6.15. The molecule has 1 amide bonds. The molecule has 1 heterocycles. The van der Waals surface area contributed by atoms with E-state index in [-0.39, 0.29) is 60.5 Å². The van der Waals surface area contributed by atoms with Gasteiger partial charge in [0.1, 0.15) is 0 Å². The fourth-order valence-electron chi connectivity index (χ4n) is 4.88. The van der Waals surface area contributed by atoms with Crippen molar-refractivity contribution in [1.29, 1.82) is 0 Å². The second-order valence-electron chi connectivity index (χ2n) is 11.3. The molecule has 246 valence electrons. The van der Waals surface area contributed by atoms with E-state index in [2.05, 4.69) is 19.2 Å². The molecule has 0 aliphatic carbocycles. The van der Waals surface area contributed by atoms with E-state index in [0.717, 1.165) is 18.4 Å². The monoisotopic (exact) mass is 657 g/mol. The molecular weight excluding hydrogens is 605 g/mol. The van der Waals surface area contributed by atoms with Crippen LogP contribution in [0.15, 0.2) is 18.2 Å². The van der Waals surface area contributed by atoms with Crippen LogP contribution >= 0.6 is 24.8 Å². The van der Waals surface area contributed by atoms with Gasteiger partial charge < -0.3 is 30.4 Å². The number of ether oxygens (including phenoxy) is 3. The highest BCUT2D eigenvalue weighted by atomic mass is 35.5. The summed E-state index contributed by atoms with van der Waals surface area (Å²) in [5, 5.41) is 13.8. The molecule has 1 aliphatic heterocycles. The van der Waals surface area contributed by atoms with E-state index in [1.807, 2.05) is 23.1 Å². The number of methoxy groups -OCH3 is 2. The number of nitrogens with one attached hydrogen (secondary N) is 1. The molecule has 0 bridgehead atoms. The van der Waals surface area contributed by atoms with E-state index in [4.69, 9.17) is 19.9 Å². The fraction of sp³-hybridized carbons (Fsp3) is 0.759. The van der Waals surface area contributed by atoms with Crippen LogP contribution in [0.25, 0.3) is 0 Å². The first-order valence-electron chi connectivity index (χ1n) is 14.4. The molecule has 42 heavy (non-hydrogen) atoms. The number of nitrogens with zero attached hydrogens (tertiary/aromatic N) is 1. The molecule has 10 nitrogen and oxygen atoms in total. The van der Waals surface area contributed by atoms with Gasteiger partial charge in [-0.25, -0.2) is 8.42 Å². The van der Waals surface area contributed by atoms with Gasteiger partial charge in [0.05, 0.1) is 31.3 Å². The second kappa shape index (κ2) is 20.6. The molecule has 1 aromatic rings. The van der Waals surface area contributed by atoms with Gasteiger partial charge >= 0.3 is 0 Å². The summed E-state index contributed by atoms with van der Waals surface area (Å²) in [4.78, 5) is 14.7. The van der Waals surface area contributed by atoms with Crippen molar-refractivity contribution in [3.05, 3.63) is 23.8 Å². The quantitative estimate of drug-likeness (QED) is 0.203. The molecule has 0 unspecified atom stereocenters. The zero-order chi connectivity index (χ0) is 29.7. The summed E-state index contributed by atoms with van der Waals surface area (Å²) in [6, 6.07) is 5.51. The summed E-state index contributed by atoms with van der Waals surface area (Å²) in [7, 11) is 0.373. The molecule has 1 fully saturated rings. The van der Waals surface area contributed by atoms with Crippen LogP contribution in [0.1, 0.15) is 45.6 Å². The Bertz CT molecular complexity index is 1000.